The third-order valence-corrected chi connectivity index (χ3v) is 1.62. The predicted molar refractivity (Wildman–Crippen MR) is 31.2 cm³/mol. The Kier molecular flexibility index (Phi) is 3.68. The molecule has 12 heavy (non-hydrogen) atoms. The normalized spacial score (nSPS) is 20.2. The van der Waals surface area contributed by atoms with Crippen LogP contribution in [0.3, 0.4) is 0 Å². The number of hydrogen-bond donors (Lipinski definition) is 0. The van der Waals surface area contributed by atoms with E-state index in [0.717, 1.165) is 0 Å². The molecule has 0 aromatic rings. The van der Waals surface area contributed by atoms with Gasteiger partial charge in [-0.15, -0.1) is 0 Å². The van der Waals surface area contributed by atoms with Gasteiger partial charge in [0.25, 0.3) is 5.67 Å². The van der Waals surface area contributed by atoms with E-state index in [1.54, 1.807) is 0 Å². The van der Waals surface area contributed by atoms with Gasteiger partial charge in [0.2, 0.25) is 5.63 Å². The van der Waals surface area contributed by atoms with Crippen molar-refractivity contribution in [3.63, 3.8) is 0 Å². The van der Waals surface area contributed by atoms with Gasteiger partial charge < -0.3 is 0 Å². The molecule has 0 bridgehead atoms. The molecule has 0 N–H and O–H groups in total. The highest BCUT2D eigenvalue weighted by molar-refractivity contribution is 6.20. The van der Waals surface area contributed by atoms with E-state index in [2.05, 4.69) is 11.6 Å². The zero-order chi connectivity index (χ0) is 9.99. The highest BCUT2D eigenvalue weighted by Crippen LogP contribution is 2.42. The molecular weight excluding hydrogens is 209 g/mol. The zero-order valence-corrected chi connectivity index (χ0v) is 6.39. The Labute approximate surface area is 69.5 Å². The summed E-state index contributed by atoms with van der Waals surface area (Å²) in [5.74, 6) is 0. The Morgan fingerprint density at radius 3 is 1.67 bits per heavy atom. The Bertz CT molecular complexity index is 143. The quantitative estimate of drug-likeness (QED) is 0.500. The van der Waals surface area contributed by atoms with Crippen LogP contribution in [0, 0.1) is 0 Å². The van der Waals surface area contributed by atoms with Crippen molar-refractivity contribution in [2.45, 2.75) is 23.9 Å². The summed E-state index contributed by atoms with van der Waals surface area (Å²) in [6.45, 7) is -1.62. The molecule has 0 aliphatic carbocycles. The zero-order valence-electron chi connectivity index (χ0n) is 5.64. The molecule has 0 aromatic carbocycles. The molecule has 0 nitrogen and oxygen atoms in total. The van der Waals surface area contributed by atoms with E-state index in [1.165, 1.54) is 0 Å². The van der Waals surface area contributed by atoms with Gasteiger partial charge in [-0.05, 0) is 0 Å². The fraction of sp³-hybridized carbons (Fsp3) is 1.00. The van der Waals surface area contributed by atoms with Gasteiger partial charge in [-0.2, -0.15) is 13.2 Å². The molecule has 0 heterocycles. The van der Waals surface area contributed by atoms with Crippen LogP contribution in [-0.4, -0.2) is 24.2 Å². The van der Waals surface area contributed by atoms with Crippen molar-refractivity contribution >= 4 is 11.6 Å². The number of hydrogen-bond acceptors (Lipinski definition) is 0. The Balaban J connectivity index is 4.62. The predicted octanol–water partition coefficient (Wildman–Crippen LogP) is 3.15. The van der Waals surface area contributed by atoms with Gasteiger partial charge >= 0.3 is 6.18 Å². The van der Waals surface area contributed by atoms with Crippen LogP contribution in [-0.2, 0) is 0 Å². The maximum atomic E-state index is 12.5. The summed E-state index contributed by atoms with van der Waals surface area (Å²) in [5.41, 5.74) is -7.57. The summed E-state index contributed by atoms with van der Waals surface area (Å²) in [6.07, 6.45) is -7.11. The molecule has 2 atom stereocenters. The summed E-state index contributed by atoms with van der Waals surface area (Å²) in [5, 5.41) is 0. The molecule has 0 rings (SSSR count). The van der Waals surface area contributed by atoms with Crippen molar-refractivity contribution in [3.8, 4) is 0 Å². The number of rotatable bonds is 3. The van der Waals surface area contributed by atoms with Crippen LogP contribution in [0.2, 0.25) is 0 Å². The molecule has 0 fully saturated rings. The molecule has 0 saturated carbocycles. The topological polar surface area (TPSA) is 0 Å². The van der Waals surface area contributed by atoms with Crippen molar-refractivity contribution in [3.05, 3.63) is 0 Å². The summed E-state index contributed by atoms with van der Waals surface area (Å²) >= 11 is 4.32. The van der Waals surface area contributed by atoms with Crippen molar-refractivity contribution in [2.75, 3.05) is 6.67 Å². The van der Waals surface area contributed by atoms with Crippen LogP contribution in [0.25, 0.3) is 0 Å². The molecule has 74 valence electrons. The summed E-state index contributed by atoms with van der Waals surface area (Å²) in [7, 11) is 0. The van der Waals surface area contributed by atoms with Crippen LogP contribution >= 0.6 is 11.6 Å². The van der Waals surface area contributed by atoms with E-state index < -0.39 is 30.6 Å². The molecule has 2 unspecified atom stereocenters. The molecule has 0 aromatic heterocycles. The first-order valence-electron chi connectivity index (χ1n) is 2.85. The molecule has 0 saturated heterocycles. The first-order valence-corrected chi connectivity index (χ1v) is 3.29. The Hall–Kier alpha value is -0.130. The second-order valence-corrected chi connectivity index (χ2v) is 2.48. The monoisotopic (exact) mass is 214 g/mol. The lowest BCUT2D eigenvalue weighted by atomic mass is 10.0. The first kappa shape index (κ1) is 11.9. The second kappa shape index (κ2) is 3.72. The minimum absolute atomic E-state index is 1.62. The van der Waals surface area contributed by atoms with E-state index in [0.29, 0.717) is 0 Å². The Morgan fingerprint density at radius 1 is 1.17 bits per heavy atom. The largest absolute Gasteiger partial charge is 0.426 e. The van der Waals surface area contributed by atoms with Crippen LogP contribution in [0.15, 0.2) is 0 Å². The highest BCUT2D eigenvalue weighted by atomic mass is 35.5. The molecular formula is C5H5ClF6. The number of alkyl halides is 7. The fourth-order valence-corrected chi connectivity index (χ4v) is 0.745. The number of halogens is 7. The lowest BCUT2D eigenvalue weighted by Gasteiger charge is -2.26. The van der Waals surface area contributed by atoms with Crippen molar-refractivity contribution in [2.24, 2.45) is 0 Å². The molecule has 0 amide bonds. The Morgan fingerprint density at radius 2 is 1.58 bits per heavy atom. The first-order chi connectivity index (χ1) is 5.25. The summed E-state index contributed by atoms with van der Waals surface area (Å²) in [6, 6.07) is 0. The van der Waals surface area contributed by atoms with E-state index in [4.69, 9.17) is 0 Å². The van der Waals surface area contributed by atoms with Gasteiger partial charge in [0.05, 0.1) is 6.67 Å². The van der Waals surface area contributed by atoms with Gasteiger partial charge in [0, 0.05) is 6.42 Å². The molecule has 7 heteroatoms. The van der Waals surface area contributed by atoms with Gasteiger partial charge in [0.1, 0.15) is 0 Å². The minimum atomic E-state index is -5.49. The third kappa shape index (κ3) is 2.18. The summed E-state index contributed by atoms with van der Waals surface area (Å²) < 4.78 is 70.9. The smallest absolute Gasteiger partial charge is 0.251 e. The molecule has 0 spiro atoms. The van der Waals surface area contributed by atoms with Gasteiger partial charge in [-0.1, -0.05) is 11.6 Å². The van der Waals surface area contributed by atoms with Crippen molar-refractivity contribution in [1.82, 2.24) is 0 Å². The van der Waals surface area contributed by atoms with Gasteiger partial charge in [-0.25, -0.2) is 8.78 Å². The van der Waals surface area contributed by atoms with E-state index in [1.807, 2.05) is 0 Å². The average Bonchev–Trinajstić information content (AvgIpc) is 1.85. The van der Waals surface area contributed by atoms with Gasteiger partial charge in [-0.3, -0.25) is 4.39 Å². The van der Waals surface area contributed by atoms with Crippen LogP contribution in [0.5, 0.6) is 0 Å². The standard InChI is InChI=1S/C5H5ClF6/c6-3(8)4(9,1-2-7)5(10,11)12/h3H,1-2H2. The molecule has 0 aliphatic heterocycles. The van der Waals surface area contributed by atoms with Crippen LogP contribution in [0.4, 0.5) is 26.3 Å². The minimum Gasteiger partial charge on any atom is -0.251 e. The van der Waals surface area contributed by atoms with Crippen molar-refractivity contribution in [1.29, 1.82) is 0 Å². The van der Waals surface area contributed by atoms with Crippen LogP contribution in [0.1, 0.15) is 6.42 Å². The average molecular weight is 215 g/mol. The second-order valence-electron chi connectivity index (χ2n) is 2.10. The molecule has 0 radical (unpaired) electrons. The highest BCUT2D eigenvalue weighted by Gasteiger charge is 2.61. The molecule has 0 aliphatic rings. The third-order valence-electron chi connectivity index (χ3n) is 1.28. The fourth-order valence-electron chi connectivity index (χ4n) is 0.512. The lowest BCUT2D eigenvalue weighted by Crippen LogP contribution is -2.47. The van der Waals surface area contributed by atoms with E-state index in [9.17, 15) is 26.3 Å². The lowest BCUT2D eigenvalue weighted by molar-refractivity contribution is -0.243. The maximum absolute atomic E-state index is 12.5. The SMILES string of the molecule is FCCC(F)(C(F)Cl)C(F)(F)F. The van der Waals surface area contributed by atoms with Crippen molar-refractivity contribution < 1.29 is 26.3 Å². The maximum Gasteiger partial charge on any atom is 0.426 e. The van der Waals surface area contributed by atoms with E-state index in [-0.39, 0.29) is 0 Å². The van der Waals surface area contributed by atoms with Crippen LogP contribution < -0.4 is 0 Å². The van der Waals surface area contributed by atoms with Gasteiger partial charge in [0.15, 0.2) is 0 Å². The van der Waals surface area contributed by atoms with E-state index >= 15 is 0 Å². The summed E-state index contributed by atoms with van der Waals surface area (Å²) in [4.78, 5) is 0.